The van der Waals surface area contributed by atoms with Crippen molar-refractivity contribution in [2.24, 2.45) is 11.3 Å². The molecule has 1 saturated heterocycles. The molecule has 21 heavy (non-hydrogen) atoms. The lowest BCUT2D eigenvalue weighted by Crippen LogP contribution is -2.39. The second kappa shape index (κ2) is 7.62. The summed E-state index contributed by atoms with van der Waals surface area (Å²) < 4.78 is 0. The molecule has 1 aromatic carbocycles. The molecule has 1 fully saturated rings. The van der Waals surface area contributed by atoms with Crippen LogP contribution in [0, 0.1) is 18.3 Å². The summed E-state index contributed by atoms with van der Waals surface area (Å²) in [6, 6.07) is 9.35. The van der Waals surface area contributed by atoms with Crippen LogP contribution in [-0.2, 0) is 0 Å². The minimum Gasteiger partial charge on any atom is -0.316 e. The van der Waals surface area contributed by atoms with Crippen LogP contribution in [0.5, 0.6) is 0 Å². The lowest BCUT2D eigenvalue weighted by molar-refractivity contribution is 0.130. The van der Waals surface area contributed by atoms with E-state index in [0.29, 0.717) is 17.4 Å². The van der Waals surface area contributed by atoms with Crippen molar-refractivity contribution in [3.63, 3.8) is 0 Å². The van der Waals surface area contributed by atoms with Gasteiger partial charge >= 0.3 is 0 Å². The Balaban J connectivity index is 0.00000220. The molecule has 1 N–H and O–H groups in total. The van der Waals surface area contributed by atoms with Crippen molar-refractivity contribution in [3.8, 4) is 0 Å². The minimum absolute atomic E-state index is 0. The van der Waals surface area contributed by atoms with Crippen LogP contribution in [0.1, 0.15) is 44.4 Å². The van der Waals surface area contributed by atoms with Crippen molar-refractivity contribution in [1.29, 1.82) is 0 Å². The van der Waals surface area contributed by atoms with Gasteiger partial charge in [0.1, 0.15) is 0 Å². The predicted molar refractivity (Wildman–Crippen MR) is 94.2 cm³/mol. The number of halogens is 1. The summed E-state index contributed by atoms with van der Waals surface area (Å²) in [7, 11) is 2.29. The lowest BCUT2D eigenvalue weighted by atomic mass is 9.86. The third-order valence-electron chi connectivity index (χ3n) is 4.70. The van der Waals surface area contributed by atoms with Crippen LogP contribution in [0.15, 0.2) is 24.3 Å². The van der Waals surface area contributed by atoms with Gasteiger partial charge in [0.25, 0.3) is 0 Å². The van der Waals surface area contributed by atoms with Gasteiger partial charge < -0.3 is 5.32 Å². The van der Waals surface area contributed by atoms with Gasteiger partial charge in [-0.25, -0.2) is 0 Å². The van der Waals surface area contributed by atoms with Crippen molar-refractivity contribution in [2.75, 3.05) is 26.7 Å². The molecule has 2 atom stereocenters. The fraction of sp³-hybridized carbons (Fsp3) is 0.667. The zero-order chi connectivity index (χ0) is 14.8. The van der Waals surface area contributed by atoms with Gasteiger partial charge in [-0.1, -0.05) is 45.0 Å². The second-order valence-corrected chi connectivity index (χ2v) is 7.20. The number of nitrogens with zero attached hydrogens (tertiary/aromatic N) is 1. The van der Waals surface area contributed by atoms with E-state index in [1.807, 2.05) is 0 Å². The summed E-state index contributed by atoms with van der Waals surface area (Å²) in [5.41, 5.74) is 3.32. The minimum atomic E-state index is 0. The summed E-state index contributed by atoms with van der Waals surface area (Å²) in [4.78, 5) is 2.57. The van der Waals surface area contributed by atoms with Crippen molar-refractivity contribution < 1.29 is 0 Å². The van der Waals surface area contributed by atoms with Gasteiger partial charge in [-0.05, 0) is 49.4 Å². The molecule has 0 aliphatic carbocycles. The molecule has 0 amide bonds. The summed E-state index contributed by atoms with van der Waals surface area (Å²) in [5.74, 6) is 0.624. The molecular formula is C18H31ClN2. The van der Waals surface area contributed by atoms with Crippen LogP contribution in [0.25, 0.3) is 0 Å². The normalized spacial score (nSPS) is 23.4. The maximum absolute atomic E-state index is 3.51. The standard InChI is InChI=1S/C18H30N2.ClH/c1-14(2)17(16-9-7-6-8-15(16)3)20(5)13-18(4)10-11-19-12-18;/h6-9,14,17,19H,10-13H2,1-5H3;1H. The summed E-state index contributed by atoms with van der Waals surface area (Å²) in [5, 5.41) is 3.51. The van der Waals surface area contributed by atoms with Crippen molar-refractivity contribution in [2.45, 2.75) is 40.2 Å². The van der Waals surface area contributed by atoms with E-state index >= 15 is 0 Å². The maximum Gasteiger partial charge on any atom is 0.0370 e. The van der Waals surface area contributed by atoms with Gasteiger partial charge in [0.15, 0.2) is 0 Å². The highest BCUT2D eigenvalue weighted by molar-refractivity contribution is 5.85. The fourth-order valence-electron chi connectivity index (χ4n) is 3.73. The first-order valence-corrected chi connectivity index (χ1v) is 7.89. The Morgan fingerprint density at radius 1 is 1.29 bits per heavy atom. The first-order chi connectivity index (χ1) is 9.43. The molecule has 0 saturated carbocycles. The van der Waals surface area contributed by atoms with E-state index < -0.39 is 0 Å². The van der Waals surface area contributed by atoms with Crippen LogP contribution in [0.4, 0.5) is 0 Å². The molecule has 3 heteroatoms. The third-order valence-corrected chi connectivity index (χ3v) is 4.70. The summed E-state index contributed by atoms with van der Waals surface area (Å²) in [6.07, 6.45) is 1.29. The number of benzene rings is 1. The molecule has 2 rings (SSSR count). The van der Waals surface area contributed by atoms with E-state index in [4.69, 9.17) is 0 Å². The maximum atomic E-state index is 3.51. The van der Waals surface area contributed by atoms with Crippen molar-refractivity contribution in [3.05, 3.63) is 35.4 Å². The molecular weight excluding hydrogens is 280 g/mol. The second-order valence-electron chi connectivity index (χ2n) is 7.20. The quantitative estimate of drug-likeness (QED) is 0.883. The van der Waals surface area contributed by atoms with Gasteiger partial charge in [-0.15, -0.1) is 12.4 Å². The zero-order valence-corrected chi connectivity index (χ0v) is 15.0. The summed E-state index contributed by atoms with van der Waals surface area (Å²) >= 11 is 0. The number of nitrogens with one attached hydrogen (secondary N) is 1. The van der Waals surface area contributed by atoms with Gasteiger partial charge in [-0.2, -0.15) is 0 Å². The SMILES string of the molecule is Cc1ccccc1C(C(C)C)N(C)CC1(C)CCNC1.Cl. The molecule has 0 radical (unpaired) electrons. The van der Waals surface area contributed by atoms with E-state index in [-0.39, 0.29) is 12.4 Å². The highest BCUT2D eigenvalue weighted by atomic mass is 35.5. The number of hydrogen-bond acceptors (Lipinski definition) is 2. The van der Waals surface area contributed by atoms with E-state index in [9.17, 15) is 0 Å². The highest BCUT2D eigenvalue weighted by Crippen LogP contribution is 2.34. The third kappa shape index (κ3) is 4.45. The largest absolute Gasteiger partial charge is 0.316 e. The molecule has 120 valence electrons. The van der Waals surface area contributed by atoms with Crippen molar-refractivity contribution in [1.82, 2.24) is 10.2 Å². The number of hydrogen-bond donors (Lipinski definition) is 1. The van der Waals surface area contributed by atoms with Crippen LogP contribution >= 0.6 is 12.4 Å². The van der Waals surface area contributed by atoms with Gasteiger partial charge in [0.05, 0.1) is 0 Å². The topological polar surface area (TPSA) is 15.3 Å². The molecule has 0 aromatic heterocycles. The Kier molecular flexibility index (Phi) is 6.71. The molecule has 1 aliphatic rings. The van der Waals surface area contributed by atoms with Crippen LogP contribution in [-0.4, -0.2) is 31.6 Å². The monoisotopic (exact) mass is 310 g/mol. The molecule has 2 nitrogen and oxygen atoms in total. The average Bonchev–Trinajstić information content (AvgIpc) is 2.78. The lowest BCUT2D eigenvalue weighted by Gasteiger charge is -2.37. The molecule has 2 unspecified atom stereocenters. The Hall–Kier alpha value is -0.570. The highest BCUT2D eigenvalue weighted by Gasteiger charge is 2.33. The van der Waals surface area contributed by atoms with Crippen LogP contribution in [0.2, 0.25) is 0 Å². The molecule has 1 aliphatic heterocycles. The Labute approximate surface area is 136 Å². The smallest absolute Gasteiger partial charge is 0.0370 e. The first-order valence-electron chi connectivity index (χ1n) is 7.89. The predicted octanol–water partition coefficient (Wildman–Crippen LogP) is 4.05. The van der Waals surface area contributed by atoms with E-state index in [0.717, 1.165) is 13.1 Å². The molecule has 0 bridgehead atoms. The molecule has 1 heterocycles. The fourth-order valence-corrected chi connectivity index (χ4v) is 3.73. The first kappa shape index (κ1) is 18.5. The van der Waals surface area contributed by atoms with E-state index in [2.05, 4.69) is 69.2 Å². The van der Waals surface area contributed by atoms with E-state index in [1.165, 1.54) is 24.1 Å². The van der Waals surface area contributed by atoms with Crippen molar-refractivity contribution >= 4 is 12.4 Å². The Morgan fingerprint density at radius 3 is 2.48 bits per heavy atom. The van der Waals surface area contributed by atoms with Crippen LogP contribution in [0.3, 0.4) is 0 Å². The summed E-state index contributed by atoms with van der Waals surface area (Å²) in [6.45, 7) is 12.8. The van der Waals surface area contributed by atoms with E-state index in [1.54, 1.807) is 0 Å². The Morgan fingerprint density at radius 2 is 1.95 bits per heavy atom. The Bertz CT molecular complexity index is 439. The van der Waals surface area contributed by atoms with Gasteiger partial charge in [0.2, 0.25) is 0 Å². The van der Waals surface area contributed by atoms with Gasteiger partial charge in [-0.3, -0.25) is 4.90 Å². The number of aryl methyl sites for hydroxylation is 1. The number of rotatable bonds is 5. The molecule has 1 aromatic rings. The zero-order valence-electron chi connectivity index (χ0n) is 14.1. The van der Waals surface area contributed by atoms with Gasteiger partial charge in [0, 0.05) is 19.1 Å². The molecule has 0 spiro atoms. The van der Waals surface area contributed by atoms with Crippen LogP contribution < -0.4 is 5.32 Å². The average molecular weight is 311 g/mol.